The van der Waals surface area contributed by atoms with Gasteiger partial charge in [0.05, 0.1) is 27.6 Å². The number of alkyl halides is 3. The number of H-pyrrole nitrogens is 1. The monoisotopic (exact) mass is 396 g/mol. The maximum absolute atomic E-state index is 13.2. The molecule has 0 aliphatic rings. The number of rotatable bonds is 3. The summed E-state index contributed by atoms with van der Waals surface area (Å²) in [5, 5.41) is 2.83. The third-order valence-electron chi connectivity index (χ3n) is 4.46. The van der Waals surface area contributed by atoms with Gasteiger partial charge >= 0.3 is 6.18 Å². The van der Waals surface area contributed by atoms with E-state index in [4.69, 9.17) is 0 Å². The lowest BCUT2D eigenvalue weighted by Crippen LogP contribution is -2.25. The van der Waals surface area contributed by atoms with E-state index in [1.54, 1.807) is 48.5 Å². The van der Waals surface area contributed by atoms with Crippen molar-refractivity contribution >= 4 is 45.4 Å². The number of carbonyl (C=O) groups excluding carboxylic acids is 1. The number of hydrogen-bond donors (Lipinski definition) is 2. The predicted octanol–water partition coefficient (Wildman–Crippen LogP) is 4.25. The molecule has 0 amide bonds. The van der Waals surface area contributed by atoms with Gasteiger partial charge in [0.1, 0.15) is 5.82 Å². The number of nitrogens with zero attached hydrogens (tertiary/aromatic N) is 4. The molecular weight excluding hydrogens is 385 g/mol. The van der Waals surface area contributed by atoms with Crippen LogP contribution in [0.4, 0.5) is 24.9 Å². The van der Waals surface area contributed by atoms with Crippen molar-refractivity contribution in [2.24, 2.45) is 0 Å². The highest BCUT2D eigenvalue weighted by Crippen LogP contribution is 2.30. The van der Waals surface area contributed by atoms with E-state index in [-0.39, 0.29) is 17.5 Å². The summed E-state index contributed by atoms with van der Waals surface area (Å²) >= 11 is 0. The maximum Gasteiger partial charge on any atom is 0.455 e. The van der Waals surface area contributed by atoms with Crippen LogP contribution in [-0.2, 0) is 0 Å². The minimum absolute atomic E-state index is 0.120. The number of hydrogen-bond acceptors (Lipinski definition) is 5. The molecule has 0 aliphatic heterocycles. The van der Waals surface area contributed by atoms with Gasteiger partial charge in [-0.3, -0.25) is 9.20 Å². The molecule has 5 aromatic rings. The van der Waals surface area contributed by atoms with Gasteiger partial charge in [-0.1, -0.05) is 24.3 Å². The highest BCUT2D eigenvalue weighted by Gasteiger charge is 2.41. The topological polar surface area (TPSA) is 88.0 Å². The third kappa shape index (κ3) is 2.76. The van der Waals surface area contributed by atoms with Crippen LogP contribution in [0.25, 0.3) is 27.8 Å². The molecule has 0 saturated heterocycles. The number of Topliss-reactive ketones (excluding diaryl/α,β-unsaturated/α-hetero) is 1. The second-order valence-corrected chi connectivity index (χ2v) is 6.31. The average Bonchev–Trinajstić information content (AvgIpc) is 3.27. The van der Waals surface area contributed by atoms with E-state index in [1.807, 2.05) is 0 Å². The van der Waals surface area contributed by atoms with Crippen LogP contribution in [0.1, 0.15) is 10.4 Å². The molecule has 0 spiro atoms. The Bertz CT molecular complexity index is 1370. The van der Waals surface area contributed by atoms with Crippen LogP contribution in [0.2, 0.25) is 0 Å². The molecular formula is C19H11F3N6O. The lowest BCUT2D eigenvalue weighted by molar-refractivity contribution is -0.0885. The number of ketones is 1. The highest BCUT2D eigenvalue weighted by atomic mass is 19.4. The minimum Gasteiger partial charge on any atom is -0.324 e. The van der Waals surface area contributed by atoms with Crippen LogP contribution in [0.15, 0.2) is 54.7 Å². The number of nitrogens with one attached hydrogen (secondary N) is 2. The van der Waals surface area contributed by atoms with Crippen LogP contribution in [0.5, 0.6) is 0 Å². The van der Waals surface area contributed by atoms with Crippen LogP contribution in [0.3, 0.4) is 0 Å². The summed E-state index contributed by atoms with van der Waals surface area (Å²) in [6.07, 6.45) is -4.18. The Hall–Kier alpha value is -3.95. The SMILES string of the molecule is O=C(c1cnc2nc3ccccc3n2c1Nc1nc2ccccc2[nH]1)C(F)(F)F. The lowest BCUT2D eigenvalue weighted by atomic mass is 10.2. The van der Waals surface area contributed by atoms with E-state index in [1.165, 1.54) is 4.40 Å². The molecule has 10 heteroatoms. The quantitative estimate of drug-likeness (QED) is 0.445. The molecule has 0 unspecified atom stereocenters. The Kier molecular flexibility index (Phi) is 3.57. The normalized spacial score (nSPS) is 12.1. The van der Waals surface area contributed by atoms with Crippen LogP contribution in [-0.4, -0.2) is 36.3 Å². The van der Waals surface area contributed by atoms with Crippen LogP contribution < -0.4 is 5.32 Å². The van der Waals surface area contributed by atoms with Crippen molar-refractivity contribution < 1.29 is 18.0 Å². The summed E-state index contributed by atoms with van der Waals surface area (Å²) in [5.41, 5.74) is 1.72. The Morgan fingerprint density at radius 3 is 2.48 bits per heavy atom. The van der Waals surface area contributed by atoms with Gasteiger partial charge in [0.15, 0.2) is 0 Å². The Morgan fingerprint density at radius 1 is 1.00 bits per heavy atom. The number of para-hydroxylation sites is 4. The van der Waals surface area contributed by atoms with Crippen molar-refractivity contribution in [2.45, 2.75) is 6.18 Å². The van der Waals surface area contributed by atoms with Gasteiger partial charge in [0, 0.05) is 6.20 Å². The number of anilines is 2. The molecule has 5 rings (SSSR count). The van der Waals surface area contributed by atoms with Crippen molar-refractivity contribution in [3.05, 3.63) is 60.3 Å². The van der Waals surface area contributed by atoms with Crippen molar-refractivity contribution in [3.8, 4) is 0 Å². The number of aromatic nitrogens is 5. The maximum atomic E-state index is 13.2. The second kappa shape index (κ2) is 6.03. The number of aromatic amines is 1. The van der Waals surface area contributed by atoms with E-state index >= 15 is 0 Å². The molecule has 0 saturated carbocycles. The zero-order valence-corrected chi connectivity index (χ0v) is 14.5. The van der Waals surface area contributed by atoms with Gasteiger partial charge in [-0.05, 0) is 24.3 Å². The molecule has 0 bridgehead atoms. The molecule has 3 aromatic heterocycles. The first-order chi connectivity index (χ1) is 13.9. The summed E-state index contributed by atoms with van der Waals surface area (Å²) in [6.45, 7) is 0. The molecule has 144 valence electrons. The number of carbonyl (C=O) groups is 1. The number of halogens is 3. The lowest BCUT2D eigenvalue weighted by Gasteiger charge is -2.13. The Labute approximate surface area is 160 Å². The smallest absolute Gasteiger partial charge is 0.324 e. The van der Waals surface area contributed by atoms with E-state index in [2.05, 4.69) is 25.3 Å². The third-order valence-corrected chi connectivity index (χ3v) is 4.46. The zero-order valence-electron chi connectivity index (χ0n) is 14.5. The van der Waals surface area contributed by atoms with Crippen LogP contribution in [0, 0.1) is 0 Å². The largest absolute Gasteiger partial charge is 0.455 e. The molecule has 3 heterocycles. The fraction of sp³-hybridized carbons (Fsp3) is 0.0526. The van der Waals surface area contributed by atoms with Gasteiger partial charge < -0.3 is 10.3 Å². The summed E-state index contributed by atoms with van der Waals surface area (Å²) in [6, 6.07) is 14.0. The number of benzene rings is 2. The van der Waals surface area contributed by atoms with E-state index in [9.17, 15) is 18.0 Å². The number of fused-ring (bicyclic) bond motifs is 4. The Balaban J connectivity index is 1.78. The Morgan fingerprint density at radius 2 is 1.72 bits per heavy atom. The predicted molar refractivity (Wildman–Crippen MR) is 100 cm³/mol. The van der Waals surface area contributed by atoms with Crippen molar-refractivity contribution in [1.29, 1.82) is 0 Å². The summed E-state index contributed by atoms with van der Waals surface area (Å²) in [4.78, 5) is 27.7. The molecule has 0 radical (unpaired) electrons. The first-order valence-corrected chi connectivity index (χ1v) is 8.51. The highest BCUT2D eigenvalue weighted by molar-refractivity contribution is 6.05. The van der Waals surface area contributed by atoms with E-state index in [0.717, 1.165) is 6.20 Å². The molecule has 2 N–H and O–H groups in total. The average molecular weight is 396 g/mol. The van der Waals surface area contributed by atoms with Crippen molar-refractivity contribution in [1.82, 2.24) is 24.3 Å². The van der Waals surface area contributed by atoms with Crippen LogP contribution >= 0.6 is 0 Å². The first kappa shape index (κ1) is 17.2. The molecule has 0 aliphatic carbocycles. The van der Waals surface area contributed by atoms with Gasteiger partial charge in [0.2, 0.25) is 11.7 Å². The van der Waals surface area contributed by atoms with E-state index in [0.29, 0.717) is 22.1 Å². The van der Waals surface area contributed by atoms with Crippen molar-refractivity contribution in [3.63, 3.8) is 0 Å². The molecule has 0 fully saturated rings. The van der Waals surface area contributed by atoms with Gasteiger partial charge in [0.25, 0.3) is 5.78 Å². The minimum atomic E-state index is -5.06. The summed E-state index contributed by atoms with van der Waals surface area (Å²) in [7, 11) is 0. The van der Waals surface area contributed by atoms with Gasteiger partial charge in [-0.2, -0.15) is 13.2 Å². The molecule has 0 atom stereocenters. The fourth-order valence-corrected chi connectivity index (χ4v) is 3.19. The fourth-order valence-electron chi connectivity index (χ4n) is 3.19. The van der Waals surface area contributed by atoms with Gasteiger partial charge in [-0.25, -0.2) is 15.0 Å². The van der Waals surface area contributed by atoms with Gasteiger partial charge in [-0.15, -0.1) is 0 Å². The molecule has 29 heavy (non-hydrogen) atoms. The van der Waals surface area contributed by atoms with Crippen molar-refractivity contribution in [2.75, 3.05) is 5.32 Å². The number of imidazole rings is 2. The molecule has 2 aromatic carbocycles. The van der Waals surface area contributed by atoms with E-state index < -0.39 is 17.5 Å². The summed E-state index contributed by atoms with van der Waals surface area (Å²) < 4.78 is 41.0. The first-order valence-electron chi connectivity index (χ1n) is 8.51. The zero-order chi connectivity index (χ0) is 20.2. The standard InChI is InChI=1S/C19H11F3N6O/c20-19(21,22)15(29)10-9-23-18-26-13-7-3-4-8-14(13)28(18)16(10)27-17-24-11-5-1-2-6-12(11)25-17/h1-9H,(H2,24,25,27). The molecule has 7 nitrogen and oxygen atoms in total. The second-order valence-electron chi connectivity index (χ2n) is 6.31. The summed E-state index contributed by atoms with van der Waals surface area (Å²) in [5.74, 6) is -1.79.